The van der Waals surface area contributed by atoms with Crippen LogP contribution in [0.25, 0.3) is 0 Å². The summed E-state index contributed by atoms with van der Waals surface area (Å²) in [5.41, 5.74) is 0.419. The Morgan fingerprint density at radius 1 is 0.667 bits per heavy atom. The lowest BCUT2D eigenvalue weighted by atomic mass is 9.90. The molecule has 0 bridgehead atoms. The third-order valence-corrected chi connectivity index (χ3v) is 13.4. The van der Waals surface area contributed by atoms with Crippen molar-refractivity contribution in [2.45, 2.75) is 142 Å². The van der Waals surface area contributed by atoms with Crippen LogP contribution >= 0.6 is 0 Å². The summed E-state index contributed by atoms with van der Waals surface area (Å²) < 4.78 is 57.8. The first-order chi connectivity index (χ1) is 25.0. The predicted molar refractivity (Wildman–Crippen MR) is 187 cm³/mol. The summed E-state index contributed by atoms with van der Waals surface area (Å²) in [6.07, 6.45) is -15.1. The Hall–Kier alpha value is -4.10. The van der Waals surface area contributed by atoms with Crippen molar-refractivity contribution in [1.29, 1.82) is 0 Å². The van der Waals surface area contributed by atoms with Crippen molar-refractivity contribution < 1.29 is 80.9 Å². The number of hydrogen-bond acceptors (Lipinski definition) is 17. The number of carbonyl (C=O) groups is 6. The third-order valence-electron chi connectivity index (χ3n) is 9.02. The lowest BCUT2D eigenvalue weighted by Crippen LogP contribution is -2.66. The van der Waals surface area contributed by atoms with E-state index in [4.69, 9.17) is 47.1 Å². The molecular weight excluding hydrogens is 732 g/mol. The van der Waals surface area contributed by atoms with Crippen LogP contribution in [0.5, 0.6) is 5.75 Å². The van der Waals surface area contributed by atoms with Gasteiger partial charge in [-0.25, -0.2) is 0 Å². The van der Waals surface area contributed by atoms with E-state index in [1.165, 1.54) is 6.92 Å². The molecule has 0 amide bonds. The van der Waals surface area contributed by atoms with Gasteiger partial charge in [0.05, 0.1) is 0 Å². The molecule has 1 N–H and O–H groups in total. The molecule has 54 heavy (non-hydrogen) atoms. The molecule has 0 spiro atoms. The van der Waals surface area contributed by atoms with E-state index in [9.17, 15) is 33.9 Å². The summed E-state index contributed by atoms with van der Waals surface area (Å²) in [6, 6.07) is 6.84. The fraction of sp³-hybridized carbons (Fsp3) is 0.667. The van der Waals surface area contributed by atoms with E-state index in [-0.39, 0.29) is 5.04 Å². The topological polar surface area (TPSA) is 215 Å². The van der Waals surface area contributed by atoms with Crippen molar-refractivity contribution in [2.24, 2.45) is 0 Å². The zero-order valence-corrected chi connectivity index (χ0v) is 33.5. The maximum absolute atomic E-state index is 12.5. The first-order valence-corrected chi connectivity index (χ1v) is 20.3. The predicted octanol–water partition coefficient (Wildman–Crippen LogP) is 2.83. The highest BCUT2D eigenvalue weighted by Crippen LogP contribution is 2.41. The van der Waals surface area contributed by atoms with E-state index < -0.39 is 119 Å². The van der Waals surface area contributed by atoms with Crippen LogP contribution < -0.4 is 4.43 Å². The van der Waals surface area contributed by atoms with Gasteiger partial charge in [0, 0.05) is 41.5 Å². The number of carbonyl (C=O) groups excluding carboxylic acids is 6. The number of ether oxygens (including phenoxy) is 9. The largest absolute Gasteiger partial charge is 0.543 e. The zero-order valence-electron chi connectivity index (χ0n) is 32.5. The van der Waals surface area contributed by atoms with E-state index >= 15 is 0 Å². The van der Waals surface area contributed by atoms with Crippen molar-refractivity contribution in [1.82, 2.24) is 0 Å². The molecule has 2 saturated heterocycles. The summed E-state index contributed by atoms with van der Waals surface area (Å²) in [5.74, 6) is -4.30. The number of esters is 6. The zero-order chi connectivity index (χ0) is 40.7. The van der Waals surface area contributed by atoms with Crippen LogP contribution in [0.4, 0.5) is 0 Å². The van der Waals surface area contributed by atoms with E-state index in [1.54, 1.807) is 24.3 Å². The summed E-state index contributed by atoms with van der Waals surface area (Å²) in [5, 5.41) is 11.9. The van der Waals surface area contributed by atoms with Gasteiger partial charge in [-0.1, -0.05) is 32.9 Å². The number of aliphatic hydroxyl groups is 1. The van der Waals surface area contributed by atoms with Gasteiger partial charge in [-0.15, -0.1) is 0 Å². The Bertz CT molecular complexity index is 1520. The van der Waals surface area contributed by atoms with E-state index in [0.29, 0.717) is 11.3 Å². The second kappa shape index (κ2) is 18.5. The number of aliphatic hydroxyl groups excluding tert-OH is 1. The molecule has 1 aromatic rings. The van der Waals surface area contributed by atoms with Gasteiger partial charge in [-0.2, -0.15) is 0 Å². The molecule has 2 fully saturated rings. The maximum Gasteiger partial charge on any atom is 0.303 e. The van der Waals surface area contributed by atoms with Gasteiger partial charge >= 0.3 is 35.8 Å². The lowest BCUT2D eigenvalue weighted by Gasteiger charge is -2.48. The van der Waals surface area contributed by atoms with Crippen molar-refractivity contribution >= 4 is 44.1 Å². The third kappa shape index (κ3) is 11.9. The summed E-state index contributed by atoms with van der Waals surface area (Å²) >= 11 is 0. The highest BCUT2D eigenvalue weighted by Gasteiger charge is 2.56. The van der Waals surface area contributed by atoms with E-state index in [2.05, 4.69) is 33.9 Å². The van der Waals surface area contributed by atoms with Crippen LogP contribution in [0, 0.1) is 0 Å². The van der Waals surface area contributed by atoms with Crippen LogP contribution in [0.1, 0.15) is 74.0 Å². The van der Waals surface area contributed by atoms with Gasteiger partial charge in [-0.05, 0) is 35.8 Å². The molecule has 17 nitrogen and oxygen atoms in total. The van der Waals surface area contributed by atoms with Crippen LogP contribution in [0.2, 0.25) is 18.1 Å². The molecule has 1 aromatic carbocycles. The fourth-order valence-electron chi connectivity index (χ4n) is 5.68. The molecule has 302 valence electrons. The Morgan fingerprint density at radius 2 is 1.13 bits per heavy atom. The number of rotatable bonds is 13. The molecule has 2 aliphatic heterocycles. The van der Waals surface area contributed by atoms with Crippen LogP contribution in [-0.2, 0) is 71.4 Å². The van der Waals surface area contributed by atoms with Gasteiger partial charge < -0.3 is 52.2 Å². The van der Waals surface area contributed by atoms with Crippen LogP contribution in [0.15, 0.2) is 24.3 Å². The number of hydrogen-bond donors (Lipinski definition) is 1. The van der Waals surface area contributed by atoms with Crippen molar-refractivity contribution in [3.8, 4) is 5.75 Å². The molecule has 2 heterocycles. The minimum atomic E-state index is -2.32. The molecule has 3 rings (SSSR count). The Kier molecular flexibility index (Phi) is 15.2. The monoisotopic (exact) mass is 784 g/mol. The molecule has 0 unspecified atom stereocenters. The van der Waals surface area contributed by atoms with Gasteiger partial charge in [-0.3, -0.25) is 28.8 Å². The van der Waals surface area contributed by atoms with Crippen molar-refractivity contribution in [3.05, 3.63) is 29.8 Å². The van der Waals surface area contributed by atoms with Gasteiger partial charge in [0.25, 0.3) is 0 Å². The SMILES string of the molecule is CC(=O)OC[C@H]1O[C@H](O[C@@H]2[C@H](O)[C@@H](c3cccc(O[Si](C)(C)C(C)(C)C)c3)O[C@H](COC(C)=O)[C@H]2OC(C)=O)[C@@H](OC(C)=O)[C@@H](OC(C)=O)[C@@H]1OC(C)=O. The maximum atomic E-state index is 12.5. The number of benzene rings is 1. The lowest BCUT2D eigenvalue weighted by molar-refractivity contribution is -0.345. The molecule has 0 aromatic heterocycles. The second-order valence-corrected chi connectivity index (χ2v) is 19.3. The van der Waals surface area contributed by atoms with Gasteiger partial charge in [0.2, 0.25) is 8.32 Å². The van der Waals surface area contributed by atoms with Crippen LogP contribution in [0.3, 0.4) is 0 Å². The van der Waals surface area contributed by atoms with E-state index in [0.717, 1.165) is 34.6 Å². The molecule has 10 atom stereocenters. The van der Waals surface area contributed by atoms with E-state index in [1.807, 2.05) is 0 Å². The fourth-order valence-corrected chi connectivity index (χ4v) is 6.70. The molecule has 0 aliphatic carbocycles. The standard InChI is InChI=1S/C36H52O17Si/c1-18(37)44-16-26-30(46-20(3)39)32(28(43)29(50-26)24-13-12-14-25(15-24)53-54(10,11)36(7,8)9)52-35-34(49-23(6)42)33(48-22(5)41)31(47-21(4)40)27(51-35)17-45-19(2)38/h12-15,26-35,43H,16-17H2,1-11H3/t26-,27-,28-,29-,30-,31-,32-,33+,34+,35-/m1/s1. The first-order valence-electron chi connectivity index (χ1n) is 17.4. The van der Waals surface area contributed by atoms with Crippen molar-refractivity contribution in [2.75, 3.05) is 13.2 Å². The average Bonchev–Trinajstić information content (AvgIpc) is 3.02. The normalized spacial score (nSPS) is 28.5. The first kappa shape index (κ1) is 44.3. The highest BCUT2D eigenvalue weighted by atomic mass is 28.4. The average molecular weight is 785 g/mol. The minimum absolute atomic E-state index is 0.139. The minimum Gasteiger partial charge on any atom is -0.543 e. The smallest absolute Gasteiger partial charge is 0.303 e. The Morgan fingerprint density at radius 3 is 1.61 bits per heavy atom. The van der Waals surface area contributed by atoms with Crippen LogP contribution in [-0.4, -0.2) is 118 Å². The van der Waals surface area contributed by atoms with Gasteiger partial charge in [0.1, 0.15) is 49.5 Å². The molecule has 18 heteroatoms. The second-order valence-electron chi connectivity index (χ2n) is 14.6. The molecule has 2 aliphatic rings. The summed E-state index contributed by atoms with van der Waals surface area (Å²) in [6.45, 7) is 16.0. The summed E-state index contributed by atoms with van der Waals surface area (Å²) in [7, 11) is -2.32. The summed E-state index contributed by atoms with van der Waals surface area (Å²) in [4.78, 5) is 73.3. The van der Waals surface area contributed by atoms with Gasteiger partial charge in [0.15, 0.2) is 30.7 Å². The Balaban J connectivity index is 2.17. The molecular formula is C36H52O17Si. The molecule has 0 radical (unpaired) electrons. The Labute approximate surface area is 315 Å². The van der Waals surface area contributed by atoms with Crippen molar-refractivity contribution in [3.63, 3.8) is 0 Å². The quantitative estimate of drug-likeness (QED) is 0.173. The molecule has 0 saturated carbocycles. The highest BCUT2D eigenvalue weighted by molar-refractivity contribution is 6.74.